The molecule has 1 amide bonds. The van der Waals surface area contributed by atoms with Gasteiger partial charge in [-0.2, -0.15) is 0 Å². The monoisotopic (exact) mass is 384 g/mol. The number of nitrogens with zero attached hydrogens (tertiary/aromatic N) is 1. The SMILES string of the molecule is O=C(CSC(=S)N1CCCC1)c1ccc(NC(=O)c2ccccc2)cc1. The van der Waals surface area contributed by atoms with Crippen LogP contribution in [0.4, 0.5) is 5.69 Å². The summed E-state index contributed by atoms with van der Waals surface area (Å²) in [6.45, 7) is 1.99. The molecule has 3 rings (SSSR count). The van der Waals surface area contributed by atoms with E-state index in [1.165, 1.54) is 24.6 Å². The topological polar surface area (TPSA) is 49.4 Å². The zero-order valence-electron chi connectivity index (χ0n) is 14.3. The van der Waals surface area contributed by atoms with Crippen molar-refractivity contribution in [1.29, 1.82) is 0 Å². The van der Waals surface area contributed by atoms with E-state index in [4.69, 9.17) is 12.2 Å². The van der Waals surface area contributed by atoms with Gasteiger partial charge in [0.2, 0.25) is 0 Å². The highest BCUT2D eigenvalue weighted by Crippen LogP contribution is 2.18. The first-order valence-electron chi connectivity index (χ1n) is 8.55. The first kappa shape index (κ1) is 18.6. The number of benzene rings is 2. The highest BCUT2D eigenvalue weighted by molar-refractivity contribution is 8.23. The Bertz CT molecular complexity index is 785. The summed E-state index contributed by atoms with van der Waals surface area (Å²) in [5.41, 5.74) is 1.88. The van der Waals surface area contributed by atoms with E-state index in [9.17, 15) is 9.59 Å². The molecule has 1 aliphatic rings. The first-order valence-corrected chi connectivity index (χ1v) is 9.94. The van der Waals surface area contributed by atoms with Gasteiger partial charge in [0.25, 0.3) is 5.91 Å². The average molecular weight is 385 g/mol. The molecule has 6 heteroatoms. The largest absolute Gasteiger partial charge is 0.358 e. The minimum atomic E-state index is -0.170. The quantitative estimate of drug-likeness (QED) is 0.617. The van der Waals surface area contributed by atoms with Crippen LogP contribution in [0.15, 0.2) is 54.6 Å². The molecule has 0 aliphatic carbocycles. The fourth-order valence-corrected chi connectivity index (χ4v) is 3.88. The number of likely N-dealkylation sites (tertiary alicyclic amines) is 1. The molecule has 1 heterocycles. The summed E-state index contributed by atoms with van der Waals surface area (Å²) in [6.07, 6.45) is 2.34. The Balaban J connectivity index is 1.52. The number of thiocarbonyl (C=S) groups is 1. The standard InChI is InChI=1S/C20H20N2O2S2/c23-18(14-26-20(25)22-12-4-5-13-22)15-8-10-17(11-9-15)21-19(24)16-6-2-1-3-7-16/h1-3,6-11H,4-5,12-14H2,(H,21,24). The Kier molecular flexibility index (Phi) is 6.41. The van der Waals surface area contributed by atoms with Crippen LogP contribution in [0.25, 0.3) is 0 Å². The molecule has 0 aromatic heterocycles. The molecule has 1 saturated heterocycles. The van der Waals surface area contributed by atoms with Crippen LogP contribution in [0.2, 0.25) is 0 Å². The van der Waals surface area contributed by atoms with Crippen molar-refractivity contribution in [3.63, 3.8) is 0 Å². The van der Waals surface area contributed by atoms with Crippen molar-refractivity contribution in [2.45, 2.75) is 12.8 Å². The number of rotatable bonds is 5. The van der Waals surface area contributed by atoms with E-state index in [1.54, 1.807) is 36.4 Å². The number of hydrogen-bond acceptors (Lipinski definition) is 4. The molecule has 0 spiro atoms. The molecule has 0 atom stereocenters. The van der Waals surface area contributed by atoms with Gasteiger partial charge in [0.15, 0.2) is 5.78 Å². The Morgan fingerprint density at radius 3 is 2.27 bits per heavy atom. The van der Waals surface area contributed by atoms with Gasteiger partial charge in [-0.25, -0.2) is 0 Å². The Morgan fingerprint density at radius 2 is 1.62 bits per heavy atom. The van der Waals surface area contributed by atoms with Crippen LogP contribution in [0.1, 0.15) is 33.6 Å². The highest BCUT2D eigenvalue weighted by atomic mass is 32.2. The number of nitrogens with one attached hydrogen (secondary N) is 1. The summed E-state index contributed by atoms with van der Waals surface area (Å²) in [6, 6.07) is 16.0. The number of hydrogen-bond donors (Lipinski definition) is 1. The maximum atomic E-state index is 12.3. The lowest BCUT2D eigenvalue weighted by molar-refractivity contribution is 0.101. The van der Waals surface area contributed by atoms with Crippen molar-refractivity contribution in [1.82, 2.24) is 4.90 Å². The number of thioether (sulfide) groups is 1. The maximum Gasteiger partial charge on any atom is 0.255 e. The lowest BCUT2D eigenvalue weighted by Gasteiger charge is -2.17. The second kappa shape index (κ2) is 8.96. The van der Waals surface area contributed by atoms with Crippen LogP contribution in [0.5, 0.6) is 0 Å². The van der Waals surface area contributed by atoms with Gasteiger partial charge in [0.05, 0.1) is 5.75 Å². The predicted octanol–water partition coefficient (Wildman–Crippen LogP) is 4.24. The van der Waals surface area contributed by atoms with Crippen molar-refractivity contribution >= 4 is 45.7 Å². The average Bonchev–Trinajstić information content (AvgIpc) is 3.22. The lowest BCUT2D eigenvalue weighted by atomic mass is 10.1. The molecule has 1 aliphatic heterocycles. The summed E-state index contributed by atoms with van der Waals surface area (Å²) in [4.78, 5) is 26.6. The van der Waals surface area contributed by atoms with Crippen LogP contribution >= 0.6 is 24.0 Å². The molecule has 26 heavy (non-hydrogen) atoms. The summed E-state index contributed by atoms with van der Waals surface area (Å²) in [5, 5.41) is 2.83. The van der Waals surface area contributed by atoms with Crippen molar-refractivity contribution in [3.05, 3.63) is 65.7 Å². The molecular formula is C20H20N2O2S2. The van der Waals surface area contributed by atoms with Crippen molar-refractivity contribution in [3.8, 4) is 0 Å². The van der Waals surface area contributed by atoms with Gasteiger partial charge < -0.3 is 10.2 Å². The molecule has 134 valence electrons. The predicted molar refractivity (Wildman–Crippen MR) is 111 cm³/mol. The minimum absolute atomic E-state index is 0.0393. The molecule has 0 unspecified atom stereocenters. The number of carbonyl (C=O) groups is 2. The van der Waals surface area contributed by atoms with Gasteiger partial charge in [-0.3, -0.25) is 9.59 Å². The molecular weight excluding hydrogens is 364 g/mol. The van der Waals surface area contributed by atoms with E-state index >= 15 is 0 Å². The minimum Gasteiger partial charge on any atom is -0.358 e. The molecule has 2 aromatic rings. The smallest absolute Gasteiger partial charge is 0.255 e. The van der Waals surface area contributed by atoms with Crippen LogP contribution in [0, 0.1) is 0 Å². The van der Waals surface area contributed by atoms with Gasteiger partial charge >= 0.3 is 0 Å². The molecule has 0 bridgehead atoms. The first-order chi connectivity index (χ1) is 12.6. The number of carbonyl (C=O) groups excluding carboxylic acids is 2. The van der Waals surface area contributed by atoms with Crippen LogP contribution in [-0.4, -0.2) is 39.8 Å². The maximum absolute atomic E-state index is 12.3. The van der Waals surface area contributed by atoms with Gasteiger partial charge in [-0.15, -0.1) is 0 Å². The van der Waals surface area contributed by atoms with Crippen LogP contribution in [-0.2, 0) is 0 Å². The zero-order valence-corrected chi connectivity index (χ0v) is 15.9. The third-order valence-corrected chi connectivity index (χ3v) is 5.72. The van der Waals surface area contributed by atoms with Gasteiger partial charge in [-0.05, 0) is 49.2 Å². The second-order valence-electron chi connectivity index (χ2n) is 6.07. The van der Waals surface area contributed by atoms with E-state index in [0.29, 0.717) is 22.6 Å². The zero-order chi connectivity index (χ0) is 18.4. The molecule has 2 aromatic carbocycles. The number of Topliss-reactive ketones (excluding diaryl/α,β-unsaturated/α-hetero) is 1. The summed E-state index contributed by atoms with van der Waals surface area (Å²) < 4.78 is 0.808. The van der Waals surface area contributed by atoms with E-state index in [2.05, 4.69) is 10.2 Å². The summed E-state index contributed by atoms with van der Waals surface area (Å²) in [7, 11) is 0. The van der Waals surface area contributed by atoms with Gasteiger partial charge in [0.1, 0.15) is 4.32 Å². The fourth-order valence-electron chi connectivity index (χ4n) is 2.73. The van der Waals surface area contributed by atoms with E-state index in [1.807, 2.05) is 18.2 Å². The lowest BCUT2D eigenvalue weighted by Crippen LogP contribution is -2.24. The molecule has 1 fully saturated rings. The van der Waals surface area contributed by atoms with Gasteiger partial charge in [0, 0.05) is 29.9 Å². The van der Waals surface area contributed by atoms with Gasteiger partial charge in [-0.1, -0.05) is 42.2 Å². The van der Waals surface area contributed by atoms with Crippen molar-refractivity contribution in [2.75, 3.05) is 24.2 Å². The van der Waals surface area contributed by atoms with Crippen molar-refractivity contribution < 1.29 is 9.59 Å². The number of amides is 1. The Hall–Kier alpha value is -2.18. The molecule has 4 nitrogen and oxygen atoms in total. The summed E-state index contributed by atoms with van der Waals surface area (Å²) >= 11 is 6.81. The Labute approximate surface area is 163 Å². The third kappa shape index (κ3) is 4.93. The fraction of sp³-hybridized carbons (Fsp3) is 0.250. The summed E-state index contributed by atoms with van der Waals surface area (Å²) in [5.74, 6) is 0.207. The number of ketones is 1. The second-order valence-corrected chi connectivity index (χ2v) is 7.68. The van der Waals surface area contributed by atoms with E-state index in [0.717, 1.165) is 17.4 Å². The molecule has 1 N–H and O–H groups in total. The van der Waals surface area contributed by atoms with E-state index in [-0.39, 0.29) is 11.7 Å². The van der Waals surface area contributed by atoms with Crippen molar-refractivity contribution in [2.24, 2.45) is 0 Å². The highest BCUT2D eigenvalue weighted by Gasteiger charge is 2.16. The van der Waals surface area contributed by atoms with E-state index < -0.39 is 0 Å². The molecule has 0 radical (unpaired) electrons. The third-order valence-electron chi connectivity index (χ3n) is 4.19. The van der Waals surface area contributed by atoms with Crippen LogP contribution < -0.4 is 5.32 Å². The normalized spacial score (nSPS) is 13.5. The van der Waals surface area contributed by atoms with Crippen LogP contribution in [0.3, 0.4) is 0 Å². The number of anilines is 1. The Morgan fingerprint density at radius 1 is 0.962 bits per heavy atom. The molecule has 0 saturated carbocycles.